The molecular formula is C14H16ClN3. The Morgan fingerprint density at radius 1 is 1.28 bits per heavy atom. The summed E-state index contributed by atoms with van der Waals surface area (Å²) >= 11 is 6.11. The molecule has 18 heavy (non-hydrogen) atoms. The number of hydrogen-bond acceptors (Lipinski definition) is 3. The molecule has 1 heterocycles. The first-order chi connectivity index (χ1) is 8.72. The number of nitrogens with two attached hydrogens (primary N) is 1. The van der Waals surface area contributed by atoms with E-state index in [-0.39, 0.29) is 0 Å². The van der Waals surface area contributed by atoms with E-state index in [0.717, 1.165) is 17.8 Å². The average molecular weight is 262 g/mol. The Labute approximate surface area is 112 Å². The van der Waals surface area contributed by atoms with Gasteiger partial charge >= 0.3 is 0 Å². The van der Waals surface area contributed by atoms with Gasteiger partial charge < -0.3 is 11.1 Å². The molecule has 2 aromatic rings. The molecule has 0 bridgehead atoms. The molecule has 3 nitrogen and oxygen atoms in total. The number of anilines is 2. The van der Waals surface area contributed by atoms with Crippen molar-refractivity contribution in [2.24, 2.45) is 0 Å². The van der Waals surface area contributed by atoms with Gasteiger partial charge in [0.2, 0.25) is 0 Å². The molecule has 0 fully saturated rings. The van der Waals surface area contributed by atoms with E-state index < -0.39 is 0 Å². The summed E-state index contributed by atoms with van der Waals surface area (Å²) in [7, 11) is 0. The zero-order valence-electron chi connectivity index (χ0n) is 10.3. The number of nitrogen functional groups attached to an aromatic ring is 1. The Bertz CT molecular complexity index is 520. The van der Waals surface area contributed by atoms with Gasteiger partial charge in [-0.05, 0) is 30.2 Å². The van der Waals surface area contributed by atoms with Crippen molar-refractivity contribution < 1.29 is 0 Å². The van der Waals surface area contributed by atoms with Crippen molar-refractivity contribution >= 4 is 23.0 Å². The Hall–Kier alpha value is -1.74. The average Bonchev–Trinajstić information content (AvgIpc) is 2.38. The van der Waals surface area contributed by atoms with Crippen LogP contribution in [-0.4, -0.2) is 4.98 Å². The van der Waals surface area contributed by atoms with E-state index in [1.54, 1.807) is 6.20 Å². The molecule has 4 heteroatoms. The van der Waals surface area contributed by atoms with Gasteiger partial charge in [-0.15, -0.1) is 0 Å². The maximum absolute atomic E-state index is 6.11. The summed E-state index contributed by atoms with van der Waals surface area (Å²) in [6.07, 6.45) is 2.76. The highest BCUT2D eigenvalue weighted by atomic mass is 35.5. The van der Waals surface area contributed by atoms with Crippen LogP contribution in [0.3, 0.4) is 0 Å². The number of benzene rings is 1. The van der Waals surface area contributed by atoms with Crippen LogP contribution in [0, 0.1) is 0 Å². The standard InChI is InChI=1S/C14H16ClN3/c1-2-10-5-4-8-17-13(10)9-18-14-11(15)6-3-7-12(14)16/h3-8,18H,2,9,16H2,1H3. The van der Waals surface area contributed by atoms with Crippen LogP contribution < -0.4 is 11.1 Å². The Morgan fingerprint density at radius 2 is 2.11 bits per heavy atom. The molecule has 1 aromatic carbocycles. The zero-order valence-corrected chi connectivity index (χ0v) is 11.0. The first kappa shape index (κ1) is 12.7. The third-order valence-corrected chi connectivity index (χ3v) is 3.16. The highest BCUT2D eigenvalue weighted by molar-refractivity contribution is 6.33. The Kier molecular flexibility index (Phi) is 4.05. The van der Waals surface area contributed by atoms with Crippen LogP contribution in [0.25, 0.3) is 0 Å². The lowest BCUT2D eigenvalue weighted by atomic mass is 10.1. The van der Waals surface area contributed by atoms with Crippen LogP contribution in [0.1, 0.15) is 18.2 Å². The molecule has 0 saturated carbocycles. The lowest BCUT2D eigenvalue weighted by Gasteiger charge is -2.12. The van der Waals surface area contributed by atoms with Crippen LogP contribution in [0.15, 0.2) is 36.5 Å². The number of nitrogens with one attached hydrogen (secondary N) is 1. The second kappa shape index (κ2) is 5.74. The highest BCUT2D eigenvalue weighted by Gasteiger charge is 2.06. The molecule has 94 valence electrons. The number of aromatic nitrogens is 1. The largest absolute Gasteiger partial charge is 0.397 e. The monoisotopic (exact) mass is 261 g/mol. The fourth-order valence-corrected chi connectivity index (χ4v) is 2.10. The summed E-state index contributed by atoms with van der Waals surface area (Å²) in [6.45, 7) is 2.74. The maximum Gasteiger partial charge on any atom is 0.0766 e. The molecule has 0 atom stereocenters. The quantitative estimate of drug-likeness (QED) is 0.829. The fourth-order valence-electron chi connectivity index (χ4n) is 1.85. The van der Waals surface area contributed by atoms with Crippen molar-refractivity contribution in [1.29, 1.82) is 0 Å². The Balaban J connectivity index is 2.16. The number of pyridine rings is 1. The number of para-hydroxylation sites is 1. The van der Waals surface area contributed by atoms with E-state index >= 15 is 0 Å². The van der Waals surface area contributed by atoms with Crippen LogP contribution >= 0.6 is 11.6 Å². The number of aryl methyl sites for hydroxylation is 1. The molecule has 1 aromatic heterocycles. The molecule has 0 amide bonds. The van der Waals surface area contributed by atoms with Crippen LogP contribution in [-0.2, 0) is 13.0 Å². The lowest BCUT2D eigenvalue weighted by molar-refractivity contribution is 0.972. The van der Waals surface area contributed by atoms with Gasteiger partial charge in [-0.3, -0.25) is 4.98 Å². The van der Waals surface area contributed by atoms with Gasteiger partial charge in [0.15, 0.2) is 0 Å². The normalized spacial score (nSPS) is 10.3. The summed E-state index contributed by atoms with van der Waals surface area (Å²) in [4.78, 5) is 4.38. The molecule has 0 aliphatic heterocycles. The van der Waals surface area contributed by atoms with E-state index in [2.05, 4.69) is 23.3 Å². The van der Waals surface area contributed by atoms with E-state index in [4.69, 9.17) is 17.3 Å². The van der Waals surface area contributed by atoms with Crippen LogP contribution in [0.4, 0.5) is 11.4 Å². The fraction of sp³-hybridized carbons (Fsp3) is 0.214. The molecular weight excluding hydrogens is 246 g/mol. The number of rotatable bonds is 4. The van der Waals surface area contributed by atoms with E-state index in [0.29, 0.717) is 17.3 Å². The van der Waals surface area contributed by atoms with Crippen molar-refractivity contribution in [1.82, 2.24) is 4.98 Å². The first-order valence-corrected chi connectivity index (χ1v) is 6.30. The number of halogens is 1. The molecule has 0 spiro atoms. The molecule has 3 N–H and O–H groups in total. The molecule has 2 rings (SSSR count). The topological polar surface area (TPSA) is 50.9 Å². The first-order valence-electron chi connectivity index (χ1n) is 5.93. The van der Waals surface area contributed by atoms with Crippen molar-refractivity contribution in [3.05, 3.63) is 52.8 Å². The van der Waals surface area contributed by atoms with E-state index in [1.807, 2.05) is 24.3 Å². The van der Waals surface area contributed by atoms with Gasteiger partial charge in [0, 0.05) is 6.20 Å². The van der Waals surface area contributed by atoms with Gasteiger partial charge in [-0.1, -0.05) is 30.7 Å². The Morgan fingerprint density at radius 3 is 2.83 bits per heavy atom. The predicted molar refractivity (Wildman–Crippen MR) is 76.8 cm³/mol. The molecule has 0 radical (unpaired) electrons. The number of nitrogens with zero attached hydrogens (tertiary/aromatic N) is 1. The second-order valence-corrected chi connectivity index (χ2v) is 4.43. The third kappa shape index (κ3) is 2.74. The zero-order chi connectivity index (χ0) is 13.0. The van der Waals surface area contributed by atoms with Crippen LogP contribution in [0.2, 0.25) is 5.02 Å². The van der Waals surface area contributed by atoms with Crippen molar-refractivity contribution in [3.8, 4) is 0 Å². The highest BCUT2D eigenvalue weighted by Crippen LogP contribution is 2.28. The SMILES string of the molecule is CCc1cccnc1CNc1c(N)cccc1Cl. The third-order valence-electron chi connectivity index (χ3n) is 2.84. The molecule has 0 unspecified atom stereocenters. The van der Waals surface area contributed by atoms with Gasteiger partial charge in [-0.2, -0.15) is 0 Å². The lowest BCUT2D eigenvalue weighted by Crippen LogP contribution is -2.07. The van der Waals surface area contributed by atoms with Gasteiger partial charge in [0.25, 0.3) is 0 Å². The van der Waals surface area contributed by atoms with Gasteiger partial charge in [0.05, 0.1) is 28.6 Å². The summed E-state index contributed by atoms with van der Waals surface area (Å²) in [6, 6.07) is 9.51. The van der Waals surface area contributed by atoms with Crippen molar-refractivity contribution in [2.75, 3.05) is 11.1 Å². The minimum Gasteiger partial charge on any atom is -0.397 e. The van der Waals surface area contributed by atoms with Gasteiger partial charge in [-0.25, -0.2) is 0 Å². The minimum absolute atomic E-state index is 0.623. The summed E-state index contributed by atoms with van der Waals surface area (Å²) in [5, 5.41) is 3.88. The van der Waals surface area contributed by atoms with E-state index in [1.165, 1.54) is 5.56 Å². The smallest absolute Gasteiger partial charge is 0.0766 e. The van der Waals surface area contributed by atoms with Crippen molar-refractivity contribution in [3.63, 3.8) is 0 Å². The molecule has 0 aliphatic rings. The predicted octanol–water partition coefficient (Wildman–Crippen LogP) is 3.49. The van der Waals surface area contributed by atoms with Gasteiger partial charge in [0.1, 0.15) is 0 Å². The maximum atomic E-state index is 6.11. The minimum atomic E-state index is 0.623. The second-order valence-electron chi connectivity index (χ2n) is 4.02. The van der Waals surface area contributed by atoms with E-state index in [9.17, 15) is 0 Å². The summed E-state index contributed by atoms with van der Waals surface area (Å²) < 4.78 is 0. The van der Waals surface area contributed by atoms with Crippen LogP contribution in [0.5, 0.6) is 0 Å². The summed E-state index contributed by atoms with van der Waals surface area (Å²) in [5.41, 5.74) is 9.57. The van der Waals surface area contributed by atoms with Crippen molar-refractivity contribution in [2.45, 2.75) is 19.9 Å². The summed E-state index contributed by atoms with van der Waals surface area (Å²) in [5.74, 6) is 0. The molecule has 0 saturated heterocycles. The molecule has 0 aliphatic carbocycles. The number of hydrogen-bond donors (Lipinski definition) is 2.